The number of morpholine rings is 1. The zero-order valence-electron chi connectivity index (χ0n) is 14.4. The average Bonchev–Trinajstić information content (AvgIpc) is 2.65. The SMILES string of the molecule is Cc1cc(Oc2ccc([N+](=O)[O-])cc2S(=O)(=O)N2CCOCC2)ccc1Cl. The zero-order valence-corrected chi connectivity index (χ0v) is 16.0. The molecule has 1 saturated heterocycles. The van der Waals surface area contributed by atoms with Crippen LogP contribution < -0.4 is 4.74 Å². The molecule has 0 spiro atoms. The highest BCUT2D eigenvalue weighted by atomic mass is 35.5. The second kappa shape index (κ2) is 7.81. The molecule has 3 rings (SSSR count). The van der Waals surface area contributed by atoms with Crippen LogP contribution in [0.1, 0.15) is 5.56 Å². The van der Waals surface area contributed by atoms with Gasteiger partial charge in [-0.25, -0.2) is 8.42 Å². The number of rotatable bonds is 5. The van der Waals surface area contributed by atoms with Crippen molar-refractivity contribution in [3.05, 3.63) is 57.1 Å². The minimum atomic E-state index is -3.99. The van der Waals surface area contributed by atoms with Crippen LogP contribution in [0.5, 0.6) is 11.5 Å². The minimum Gasteiger partial charge on any atom is -0.456 e. The number of hydrogen-bond acceptors (Lipinski definition) is 6. The van der Waals surface area contributed by atoms with Gasteiger partial charge in [-0.2, -0.15) is 4.31 Å². The molecule has 27 heavy (non-hydrogen) atoms. The van der Waals surface area contributed by atoms with E-state index in [1.165, 1.54) is 16.4 Å². The summed E-state index contributed by atoms with van der Waals surface area (Å²) in [5.74, 6) is 0.387. The molecule has 0 aliphatic carbocycles. The first-order valence-electron chi connectivity index (χ1n) is 8.09. The molecule has 0 saturated carbocycles. The molecule has 0 aromatic heterocycles. The van der Waals surface area contributed by atoms with E-state index in [-0.39, 0.29) is 42.6 Å². The fourth-order valence-corrected chi connectivity index (χ4v) is 4.29. The van der Waals surface area contributed by atoms with Crippen molar-refractivity contribution >= 4 is 27.3 Å². The van der Waals surface area contributed by atoms with Crippen LogP contribution in [-0.2, 0) is 14.8 Å². The predicted molar refractivity (Wildman–Crippen MR) is 98.9 cm³/mol. The van der Waals surface area contributed by atoms with E-state index in [4.69, 9.17) is 21.1 Å². The van der Waals surface area contributed by atoms with Gasteiger partial charge in [0, 0.05) is 30.2 Å². The molecule has 1 aliphatic rings. The monoisotopic (exact) mass is 412 g/mol. The van der Waals surface area contributed by atoms with Gasteiger partial charge in [-0.05, 0) is 36.8 Å². The Kier molecular flexibility index (Phi) is 5.66. The summed E-state index contributed by atoms with van der Waals surface area (Å²) in [4.78, 5) is 10.2. The van der Waals surface area contributed by atoms with Gasteiger partial charge in [-0.15, -0.1) is 0 Å². The molecule has 144 valence electrons. The molecule has 0 bridgehead atoms. The summed E-state index contributed by atoms with van der Waals surface area (Å²) in [5.41, 5.74) is 0.426. The quantitative estimate of drug-likeness (QED) is 0.551. The van der Waals surface area contributed by atoms with E-state index < -0.39 is 14.9 Å². The second-order valence-corrected chi connectivity index (χ2v) is 8.23. The highest BCUT2D eigenvalue weighted by Crippen LogP contribution is 2.35. The molecule has 0 amide bonds. The van der Waals surface area contributed by atoms with Crippen molar-refractivity contribution in [2.24, 2.45) is 0 Å². The first kappa shape index (κ1) is 19.6. The summed E-state index contributed by atoms with van der Waals surface area (Å²) >= 11 is 6.00. The van der Waals surface area contributed by atoms with E-state index >= 15 is 0 Å². The summed E-state index contributed by atoms with van der Waals surface area (Å²) in [7, 11) is -3.99. The third-order valence-electron chi connectivity index (χ3n) is 4.08. The first-order chi connectivity index (χ1) is 12.8. The van der Waals surface area contributed by atoms with Crippen LogP contribution in [0.4, 0.5) is 5.69 Å². The Morgan fingerprint density at radius 1 is 1.19 bits per heavy atom. The highest BCUT2D eigenvalue weighted by Gasteiger charge is 2.31. The Morgan fingerprint density at radius 2 is 1.89 bits per heavy atom. The largest absolute Gasteiger partial charge is 0.456 e. The van der Waals surface area contributed by atoms with Crippen LogP contribution in [0.2, 0.25) is 5.02 Å². The second-order valence-electron chi connectivity index (χ2n) is 5.92. The summed E-state index contributed by atoms with van der Waals surface area (Å²) in [5, 5.41) is 11.7. The zero-order chi connectivity index (χ0) is 19.6. The number of non-ortho nitro benzene ring substituents is 1. The maximum Gasteiger partial charge on any atom is 0.271 e. The Bertz CT molecular complexity index is 973. The molecular weight excluding hydrogens is 396 g/mol. The van der Waals surface area contributed by atoms with Gasteiger partial charge in [-0.1, -0.05) is 11.6 Å². The van der Waals surface area contributed by atoms with Crippen molar-refractivity contribution in [3.8, 4) is 11.5 Å². The summed E-state index contributed by atoms with van der Waals surface area (Å²) in [6, 6.07) is 8.40. The predicted octanol–water partition coefficient (Wildman–Crippen LogP) is 3.37. The first-order valence-corrected chi connectivity index (χ1v) is 9.91. The Morgan fingerprint density at radius 3 is 2.52 bits per heavy atom. The van der Waals surface area contributed by atoms with Crippen LogP contribution in [0.3, 0.4) is 0 Å². The van der Waals surface area contributed by atoms with Gasteiger partial charge in [0.2, 0.25) is 10.0 Å². The van der Waals surface area contributed by atoms with Crippen LogP contribution in [0, 0.1) is 17.0 Å². The Hall–Kier alpha value is -2.20. The van der Waals surface area contributed by atoms with Gasteiger partial charge in [0.25, 0.3) is 5.69 Å². The lowest BCUT2D eigenvalue weighted by atomic mass is 10.2. The molecular formula is C17H17ClN2O6S. The fraction of sp³-hybridized carbons (Fsp3) is 0.294. The number of benzene rings is 2. The van der Waals surface area contributed by atoms with Crippen molar-refractivity contribution in [2.75, 3.05) is 26.3 Å². The molecule has 8 nitrogen and oxygen atoms in total. The smallest absolute Gasteiger partial charge is 0.271 e. The van der Waals surface area contributed by atoms with Crippen molar-refractivity contribution in [3.63, 3.8) is 0 Å². The van der Waals surface area contributed by atoms with E-state index in [0.717, 1.165) is 11.6 Å². The van der Waals surface area contributed by atoms with E-state index in [9.17, 15) is 18.5 Å². The number of nitro benzene ring substituents is 1. The average molecular weight is 413 g/mol. The van der Waals surface area contributed by atoms with Crippen molar-refractivity contribution in [2.45, 2.75) is 11.8 Å². The number of ether oxygens (including phenoxy) is 2. The van der Waals surface area contributed by atoms with Crippen molar-refractivity contribution in [1.82, 2.24) is 4.31 Å². The van der Waals surface area contributed by atoms with Gasteiger partial charge < -0.3 is 9.47 Å². The summed E-state index contributed by atoms with van der Waals surface area (Å²) in [6.45, 7) is 2.66. The summed E-state index contributed by atoms with van der Waals surface area (Å²) < 4.78 is 38.2. The van der Waals surface area contributed by atoms with E-state index in [1.54, 1.807) is 25.1 Å². The topological polar surface area (TPSA) is 99.0 Å². The molecule has 0 N–H and O–H groups in total. The van der Waals surface area contributed by atoms with Gasteiger partial charge in [-0.3, -0.25) is 10.1 Å². The molecule has 2 aromatic rings. The summed E-state index contributed by atoms with van der Waals surface area (Å²) in [6.07, 6.45) is 0. The van der Waals surface area contributed by atoms with Gasteiger partial charge in [0.1, 0.15) is 16.4 Å². The van der Waals surface area contributed by atoms with E-state index in [0.29, 0.717) is 10.8 Å². The van der Waals surface area contributed by atoms with E-state index in [2.05, 4.69) is 0 Å². The highest BCUT2D eigenvalue weighted by molar-refractivity contribution is 7.89. The maximum atomic E-state index is 13.0. The minimum absolute atomic E-state index is 0.00816. The molecule has 1 heterocycles. The molecule has 0 unspecified atom stereocenters. The standard InChI is InChI=1S/C17H17ClN2O6S/c1-12-10-14(3-4-15(12)18)26-16-5-2-13(20(21)22)11-17(16)27(23,24)19-6-8-25-9-7-19/h2-5,10-11H,6-9H2,1H3. The number of sulfonamides is 1. The fourth-order valence-electron chi connectivity index (χ4n) is 2.63. The third-order valence-corrected chi connectivity index (χ3v) is 6.43. The normalized spacial score (nSPS) is 15.5. The van der Waals surface area contributed by atoms with E-state index in [1.807, 2.05) is 0 Å². The number of nitrogens with zero attached hydrogens (tertiary/aromatic N) is 2. The molecule has 1 fully saturated rings. The molecule has 2 aromatic carbocycles. The molecule has 10 heteroatoms. The third kappa shape index (κ3) is 4.22. The van der Waals surface area contributed by atoms with Gasteiger partial charge >= 0.3 is 0 Å². The van der Waals surface area contributed by atoms with Crippen LogP contribution in [0.25, 0.3) is 0 Å². The number of aryl methyl sites for hydroxylation is 1. The molecule has 1 aliphatic heterocycles. The Balaban J connectivity index is 2.05. The van der Waals surface area contributed by atoms with Crippen molar-refractivity contribution in [1.29, 1.82) is 0 Å². The van der Waals surface area contributed by atoms with Crippen LogP contribution in [-0.4, -0.2) is 43.9 Å². The number of hydrogen-bond donors (Lipinski definition) is 0. The molecule has 0 radical (unpaired) electrons. The number of halogens is 1. The van der Waals surface area contributed by atoms with Crippen molar-refractivity contribution < 1.29 is 22.8 Å². The molecule has 0 atom stereocenters. The lowest BCUT2D eigenvalue weighted by Crippen LogP contribution is -2.40. The van der Waals surface area contributed by atoms with Gasteiger partial charge in [0.05, 0.1) is 18.1 Å². The number of nitro groups is 1. The Labute approximate surface area is 161 Å². The maximum absolute atomic E-state index is 13.0. The van der Waals surface area contributed by atoms with Crippen LogP contribution >= 0.6 is 11.6 Å². The van der Waals surface area contributed by atoms with Crippen LogP contribution in [0.15, 0.2) is 41.3 Å². The lowest BCUT2D eigenvalue weighted by molar-refractivity contribution is -0.385. The van der Waals surface area contributed by atoms with Gasteiger partial charge in [0.15, 0.2) is 0 Å². The lowest BCUT2D eigenvalue weighted by Gasteiger charge is -2.26.